The van der Waals surface area contributed by atoms with Gasteiger partial charge in [0.05, 0.1) is 0 Å². The number of aliphatic carboxylic acids is 1. The van der Waals surface area contributed by atoms with Crippen molar-refractivity contribution in [2.75, 3.05) is 6.54 Å². The number of carbonyl (C=O) groups is 1. The highest BCUT2D eigenvalue weighted by molar-refractivity contribution is 7.87. The molecule has 2 N–H and O–H groups in total. The average Bonchev–Trinajstić information content (AvgIpc) is 2.80. The van der Waals surface area contributed by atoms with Crippen molar-refractivity contribution in [3.05, 3.63) is 0 Å². The molecule has 0 aliphatic heterocycles. The zero-order valence-corrected chi connectivity index (χ0v) is 10.5. The summed E-state index contributed by atoms with van der Waals surface area (Å²) in [6.45, 7) is 4.48. The van der Waals surface area contributed by atoms with E-state index in [1.807, 2.05) is 0 Å². The first-order valence-electron chi connectivity index (χ1n) is 5.15. The Labute approximate surface area is 95.8 Å². The summed E-state index contributed by atoms with van der Waals surface area (Å²) in [6, 6.07) is -0.0244. The van der Waals surface area contributed by atoms with Crippen LogP contribution in [0.15, 0.2) is 0 Å². The van der Waals surface area contributed by atoms with Gasteiger partial charge in [-0.2, -0.15) is 17.4 Å². The van der Waals surface area contributed by atoms with Gasteiger partial charge in [-0.3, -0.25) is 4.79 Å². The summed E-state index contributed by atoms with van der Waals surface area (Å²) in [6.07, 6.45) is 1.65. The Bertz CT molecular complexity index is 367. The number of carboxylic acids is 1. The summed E-state index contributed by atoms with van der Waals surface area (Å²) >= 11 is 0. The number of carboxylic acid groups (broad SMARTS) is 1. The molecule has 0 spiro atoms. The van der Waals surface area contributed by atoms with Crippen LogP contribution in [0.5, 0.6) is 0 Å². The van der Waals surface area contributed by atoms with Crippen molar-refractivity contribution in [1.82, 2.24) is 9.03 Å². The molecule has 0 saturated heterocycles. The van der Waals surface area contributed by atoms with Crippen molar-refractivity contribution >= 4 is 16.2 Å². The van der Waals surface area contributed by atoms with Gasteiger partial charge in [0.15, 0.2) is 0 Å². The maximum absolute atomic E-state index is 11.9. The Morgan fingerprint density at radius 2 is 1.94 bits per heavy atom. The molecular weight excluding hydrogens is 232 g/mol. The summed E-state index contributed by atoms with van der Waals surface area (Å²) in [4.78, 5) is 10.7. The molecule has 1 saturated carbocycles. The van der Waals surface area contributed by atoms with E-state index in [9.17, 15) is 13.2 Å². The smallest absolute Gasteiger partial charge is 0.318 e. The molecule has 0 amide bonds. The molecular formula is C9H18N2O4S. The number of nitrogens with zero attached hydrogens (tertiary/aromatic N) is 1. The number of rotatable bonds is 5. The van der Waals surface area contributed by atoms with Gasteiger partial charge in [0.25, 0.3) is 10.2 Å². The minimum Gasteiger partial charge on any atom is -0.480 e. The van der Waals surface area contributed by atoms with E-state index in [2.05, 4.69) is 4.72 Å². The molecule has 6 nitrogen and oxygen atoms in total. The zero-order valence-electron chi connectivity index (χ0n) is 9.73. The van der Waals surface area contributed by atoms with Gasteiger partial charge in [-0.1, -0.05) is 0 Å². The summed E-state index contributed by atoms with van der Waals surface area (Å²) in [5.41, 5.74) is -0.751. The van der Waals surface area contributed by atoms with Crippen LogP contribution in [0.1, 0.15) is 33.6 Å². The minimum absolute atomic E-state index is 0.0244. The lowest BCUT2D eigenvalue weighted by molar-refractivity contribution is -0.138. The Kier molecular flexibility index (Phi) is 3.61. The van der Waals surface area contributed by atoms with Gasteiger partial charge < -0.3 is 5.11 Å². The van der Waals surface area contributed by atoms with E-state index in [1.54, 1.807) is 20.8 Å². The molecule has 1 aliphatic carbocycles. The first-order chi connectivity index (χ1) is 7.13. The Morgan fingerprint density at radius 3 is 2.25 bits per heavy atom. The highest BCUT2D eigenvalue weighted by Crippen LogP contribution is 2.23. The van der Waals surface area contributed by atoms with Gasteiger partial charge in [-0.25, -0.2) is 0 Å². The van der Waals surface area contributed by atoms with E-state index < -0.39 is 28.3 Å². The van der Waals surface area contributed by atoms with Crippen LogP contribution in [0.4, 0.5) is 0 Å². The van der Waals surface area contributed by atoms with Crippen molar-refractivity contribution in [2.24, 2.45) is 0 Å². The fourth-order valence-electron chi connectivity index (χ4n) is 1.28. The number of hydrogen-bond acceptors (Lipinski definition) is 3. The maximum atomic E-state index is 11.9. The molecule has 0 bridgehead atoms. The van der Waals surface area contributed by atoms with Crippen LogP contribution < -0.4 is 4.72 Å². The van der Waals surface area contributed by atoms with Crippen molar-refractivity contribution in [3.8, 4) is 0 Å². The van der Waals surface area contributed by atoms with Gasteiger partial charge in [-0.05, 0) is 33.6 Å². The second-order valence-electron chi connectivity index (χ2n) is 4.97. The molecule has 7 heteroatoms. The second-order valence-corrected chi connectivity index (χ2v) is 6.59. The SMILES string of the molecule is CC(C)(C)N(CC(=O)O)S(=O)(=O)NC1CC1. The summed E-state index contributed by atoms with van der Waals surface area (Å²) in [5.74, 6) is -1.16. The lowest BCUT2D eigenvalue weighted by atomic mass is 10.1. The van der Waals surface area contributed by atoms with Crippen LogP contribution in [-0.2, 0) is 15.0 Å². The molecule has 0 aromatic rings. The fraction of sp³-hybridized carbons (Fsp3) is 0.889. The first kappa shape index (κ1) is 13.4. The van der Waals surface area contributed by atoms with Crippen LogP contribution in [-0.4, -0.2) is 41.9 Å². The van der Waals surface area contributed by atoms with Crippen LogP contribution in [0.2, 0.25) is 0 Å². The molecule has 0 aromatic heterocycles. The largest absolute Gasteiger partial charge is 0.480 e. The highest BCUT2D eigenvalue weighted by Gasteiger charge is 2.37. The Morgan fingerprint density at radius 1 is 1.44 bits per heavy atom. The molecule has 1 aliphatic rings. The highest BCUT2D eigenvalue weighted by atomic mass is 32.2. The molecule has 1 fully saturated rings. The standard InChI is InChI=1S/C9H18N2O4S/c1-9(2,3)11(6-8(12)13)16(14,15)10-7-4-5-7/h7,10H,4-6H2,1-3H3,(H,12,13). The van der Waals surface area contributed by atoms with Crippen LogP contribution in [0.3, 0.4) is 0 Å². The molecule has 94 valence electrons. The molecule has 0 aromatic carbocycles. The Hall–Kier alpha value is -0.660. The second kappa shape index (κ2) is 4.31. The van der Waals surface area contributed by atoms with Crippen molar-refractivity contribution in [3.63, 3.8) is 0 Å². The average molecular weight is 250 g/mol. The topological polar surface area (TPSA) is 86.7 Å². The Balaban J connectivity index is 2.85. The third-order valence-corrected chi connectivity index (χ3v) is 4.10. The lowest BCUT2D eigenvalue weighted by Crippen LogP contribution is -2.53. The van der Waals surface area contributed by atoms with E-state index >= 15 is 0 Å². The molecule has 0 atom stereocenters. The third-order valence-electron chi connectivity index (χ3n) is 2.21. The van der Waals surface area contributed by atoms with Crippen LogP contribution in [0.25, 0.3) is 0 Å². The molecule has 0 heterocycles. The lowest BCUT2D eigenvalue weighted by Gasteiger charge is -2.33. The van der Waals surface area contributed by atoms with Crippen LogP contribution >= 0.6 is 0 Å². The fourth-order valence-corrected chi connectivity index (χ4v) is 3.07. The molecule has 0 radical (unpaired) electrons. The molecule has 16 heavy (non-hydrogen) atoms. The molecule has 1 rings (SSSR count). The minimum atomic E-state index is -3.71. The van der Waals surface area contributed by atoms with E-state index in [1.165, 1.54) is 0 Å². The predicted molar refractivity (Wildman–Crippen MR) is 59.2 cm³/mol. The van der Waals surface area contributed by atoms with Gasteiger partial charge in [0.2, 0.25) is 0 Å². The van der Waals surface area contributed by atoms with E-state index in [0.717, 1.165) is 17.1 Å². The van der Waals surface area contributed by atoms with E-state index in [4.69, 9.17) is 5.11 Å². The monoisotopic (exact) mass is 250 g/mol. The first-order valence-corrected chi connectivity index (χ1v) is 6.59. The van der Waals surface area contributed by atoms with Crippen molar-refractivity contribution in [1.29, 1.82) is 0 Å². The van der Waals surface area contributed by atoms with Crippen molar-refractivity contribution < 1.29 is 18.3 Å². The van der Waals surface area contributed by atoms with E-state index in [-0.39, 0.29) is 6.04 Å². The molecule has 0 unspecified atom stereocenters. The summed E-state index contributed by atoms with van der Waals surface area (Å²) in [7, 11) is -3.71. The number of nitrogens with one attached hydrogen (secondary N) is 1. The summed E-state index contributed by atoms with van der Waals surface area (Å²) in [5, 5.41) is 8.73. The maximum Gasteiger partial charge on any atom is 0.318 e. The van der Waals surface area contributed by atoms with Gasteiger partial charge in [0.1, 0.15) is 6.54 Å². The third kappa shape index (κ3) is 3.73. The van der Waals surface area contributed by atoms with Gasteiger partial charge in [-0.15, -0.1) is 0 Å². The van der Waals surface area contributed by atoms with Gasteiger partial charge in [0, 0.05) is 11.6 Å². The predicted octanol–water partition coefficient (Wildman–Crippen LogP) is 0.168. The quantitative estimate of drug-likeness (QED) is 0.728. The van der Waals surface area contributed by atoms with Crippen molar-refractivity contribution in [2.45, 2.75) is 45.2 Å². The normalized spacial score (nSPS) is 17.8. The van der Waals surface area contributed by atoms with Gasteiger partial charge >= 0.3 is 5.97 Å². The van der Waals surface area contributed by atoms with E-state index in [0.29, 0.717) is 0 Å². The summed E-state index contributed by atoms with van der Waals surface area (Å²) < 4.78 is 27.3. The zero-order chi connectivity index (χ0) is 12.6. The van der Waals surface area contributed by atoms with Crippen LogP contribution in [0, 0.1) is 0 Å². The number of hydrogen-bond donors (Lipinski definition) is 2.